The smallest absolute Gasteiger partial charge is 0.545 e. The fourth-order valence-corrected chi connectivity index (χ4v) is 6.07. The van der Waals surface area contributed by atoms with E-state index in [1.54, 1.807) is 12.3 Å². The largest absolute Gasteiger partial charge is 1.00 e. The molecule has 10 heteroatoms. The van der Waals surface area contributed by atoms with E-state index >= 15 is 0 Å². The zero-order chi connectivity index (χ0) is 25.6. The van der Waals surface area contributed by atoms with Crippen molar-refractivity contribution in [3.63, 3.8) is 0 Å². The fraction of sp³-hybridized carbons (Fsp3) is 0.111. The van der Waals surface area contributed by atoms with Gasteiger partial charge in [0.25, 0.3) is 10.0 Å². The molecule has 0 bridgehead atoms. The Hall–Kier alpha value is -2.88. The monoisotopic (exact) mass is 541 g/mol. The molecule has 0 unspecified atom stereocenters. The molecule has 2 aromatic heterocycles. The van der Waals surface area contributed by atoms with Crippen molar-refractivity contribution in [1.29, 1.82) is 0 Å². The van der Waals surface area contributed by atoms with Crippen molar-refractivity contribution in [3.05, 3.63) is 101 Å². The van der Waals surface area contributed by atoms with Crippen LogP contribution in [-0.4, -0.2) is 23.9 Å². The van der Waals surface area contributed by atoms with Crippen LogP contribution < -0.4 is 39.0 Å². The van der Waals surface area contributed by atoms with Crippen molar-refractivity contribution >= 4 is 55.1 Å². The summed E-state index contributed by atoms with van der Waals surface area (Å²) in [6, 6.07) is 20.0. The van der Waals surface area contributed by atoms with Gasteiger partial charge >= 0.3 is 29.6 Å². The van der Waals surface area contributed by atoms with E-state index in [1.165, 1.54) is 28.6 Å². The van der Waals surface area contributed by atoms with E-state index in [9.17, 15) is 18.3 Å². The van der Waals surface area contributed by atoms with Gasteiger partial charge in [0.15, 0.2) is 0 Å². The van der Waals surface area contributed by atoms with Crippen LogP contribution >= 0.6 is 11.6 Å². The van der Waals surface area contributed by atoms with Gasteiger partial charge in [-0.1, -0.05) is 54.1 Å². The quantitative estimate of drug-likeness (QED) is 0.303. The zero-order valence-electron chi connectivity index (χ0n) is 20.5. The first-order chi connectivity index (χ1) is 17.2. The van der Waals surface area contributed by atoms with Gasteiger partial charge in [0, 0.05) is 45.8 Å². The van der Waals surface area contributed by atoms with Crippen LogP contribution in [0, 0.1) is 6.92 Å². The number of aromatic nitrogens is 2. The maximum absolute atomic E-state index is 14.0. The first-order valence-electron chi connectivity index (χ1n) is 11.1. The average molecular weight is 542 g/mol. The Morgan fingerprint density at radius 1 is 1.03 bits per heavy atom. The minimum Gasteiger partial charge on any atom is -0.545 e. The number of hydrogen-bond donors (Lipinski definition) is 0. The number of sulfonamides is 1. The van der Waals surface area contributed by atoms with Crippen molar-refractivity contribution in [2.45, 2.75) is 18.4 Å². The molecule has 0 fully saturated rings. The average Bonchev–Trinajstić information content (AvgIpc) is 3.20. The first kappa shape index (κ1) is 27.2. The van der Waals surface area contributed by atoms with Crippen molar-refractivity contribution in [2.75, 3.05) is 4.31 Å². The number of halogens is 1. The molecular formula is C27H21ClN3NaO4S. The Morgan fingerprint density at radius 2 is 1.73 bits per heavy atom. The van der Waals surface area contributed by atoms with Crippen LogP contribution in [0.2, 0.25) is 5.02 Å². The standard InChI is InChI=1S/C27H22ClN3O4S.Na/c1-17-22-7-4-3-6-19(22)15-29-26(17)31(36(34,35)21-12-10-18(11-13-21)27(32)33)16-20-14-23-24(28)8-5-9-25(23)30(20)2;/h3-15H,16H2,1-2H3,(H,32,33);/q;+1/p-1. The number of hydrogen-bond acceptors (Lipinski definition) is 5. The van der Waals surface area contributed by atoms with Gasteiger partial charge in [0.05, 0.1) is 17.4 Å². The van der Waals surface area contributed by atoms with Crippen LogP contribution in [0.25, 0.3) is 21.7 Å². The number of rotatable bonds is 6. The molecule has 0 spiro atoms. The number of benzene rings is 3. The van der Waals surface area contributed by atoms with Crippen molar-refractivity contribution in [2.24, 2.45) is 7.05 Å². The summed E-state index contributed by atoms with van der Waals surface area (Å²) in [5, 5.41) is 14.3. The van der Waals surface area contributed by atoms with Gasteiger partial charge in [0.1, 0.15) is 5.82 Å². The molecule has 0 saturated heterocycles. The third-order valence-corrected chi connectivity index (χ3v) is 8.46. The third kappa shape index (κ3) is 4.87. The van der Waals surface area contributed by atoms with Gasteiger partial charge in [0.2, 0.25) is 0 Å². The summed E-state index contributed by atoms with van der Waals surface area (Å²) in [6.07, 6.45) is 1.65. The molecule has 0 aliphatic heterocycles. The Labute approximate surface area is 241 Å². The Kier molecular flexibility index (Phi) is 7.69. The van der Waals surface area contributed by atoms with Crippen LogP contribution in [0.15, 0.2) is 83.9 Å². The summed E-state index contributed by atoms with van der Waals surface area (Å²) in [5.74, 6) is -1.09. The van der Waals surface area contributed by atoms with Gasteiger partial charge in [-0.15, -0.1) is 0 Å². The van der Waals surface area contributed by atoms with E-state index in [2.05, 4.69) is 4.98 Å². The second kappa shape index (κ2) is 10.5. The van der Waals surface area contributed by atoms with Crippen LogP contribution in [0.3, 0.4) is 0 Å². The predicted molar refractivity (Wildman–Crippen MR) is 139 cm³/mol. The van der Waals surface area contributed by atoms with Crippen LogP contribution in [-0.2, 0) is 23.6 Å². The molecule has 182 valence electrons. The number of aryl methyl sites for hydroxylation is 2. The molecule has 7 nitrogen and oxygen atoms in total. The van der Waals surface area contributed by atoms with Gasteiger partial charge < -0.3 is 14.5 Å². The molecule has 0 atom stereocenters. The number of fused-ring (bicyclic) bond motifs is 2. The molecule has 0 saturated carbocycles. The Balaban J connectivity index is 0.00000320. The van der Waals surface area contributed by atoms with Crippen molar-refractivity contribution < 1.29 is 47.9 Å². The van der Waals surface area contributed by atoms with E-state index in [4.69, 9.17) is 11.6 Å². The Morgan fingerprint density at radius 3 is 2.41 bits per heavy atom. The van der Waals surface area contributed by atoms with Gasteiger partial charge in [-0.05, 0) is 48.2 Å². The molecule has 5 rings (SSSR count). The number of carbonyl (C=O) groups is 1. The number of anilines is 1. The molecule has 0 amide bonds. The van der Waals surface area contributed by atoms with Gasteiger partial charge in [-0.2, -0.15) is 0 Å². The van der Waals surface area contributed by atoms with Crippen molar-refractivity contribution in [1.82, 2.24) is 9.55 Å². The minimum atomic E-state index is -4.14. The van der Waals surface area contributed by atoms with Crippen LogP contribution in [0.4, 0.5) is 5.82 Å². The summed E-state index contributed by atoms with van der Waals surface area (Å²) >= 11 is 6.40. The number of carbonyl (C=O) groups excluding carboxylic acids is 1. The predicted octanol–water partition coefficient (Wildman–Crippen LogP) is 1.45. The van der Waals surface area contributed by atoms with E-state index in [-0.39, 0.29) is 52.4 Å². The Bertz CT molecular complexity index is 1750. The molecule has 5 aromatic rings. The fourth-order valence-electron chi connectivity index (χ4n) is 4.39. The van der Waals surface area contributed by atoms with E-state index in [0.717, 1.165) is 21.7 Å². The number of nitrogens with zero attached hydrogens (tertiary/aromatic N) is 3. The van der Waals surface area contributed by atoms with Crippen molar-refractivity contribution in [3.8, 4) is 0 Å². The summed E-state index contributed by atoms with van der Waals surface area (Å²) in [6.45, 7) is 1.82. The molecular weight excluding hydrogens is 521 g/mol. The third-order valence-electron chi connectivity index (χ3n) is 6.38. The second-order valence-corrected chi connectivity index (χ2v) is 10.8. The molecule has 0 aliphatic carbocycles. The summed E-state index contributed by atoms with van der Waals surface area (Å²) in [5.41, 5.74) is 2.18. The SMILES string of the molecule is Cc1c(N(Cc2cc3c(Cl)cccc3n2C)S(=O)(=O)c2ccc(C(=O)[O-])cc2)ncc2ccccc12.[Na+]. The molecule has 2 heterocycles. The van der Waals surface area contributed by atoms with Crippen LogP contribution in [0.1, 0.15) is 21.6 Å². The van der Waals surface area contributed by atoms with Gasteiger partial charge in [-0.25, -0.2) is 17.7 Å². The second-order valence-electron chi connectivity index (χ2n) is 8.48. The number of aromatic carboxylic acids is 1. The summed E-state index contributed by atoms with van der Waals surface area (Å²) in [7, 11) is -2.28. The van der Waals surface area contributed by atoms with E-state index < -0.39 is 16.0 Å². The number of carboxylic acid groups (broad SMARTS) is 1. The van der Waals surface area contributed by atoms with E-state index in [1.807, 2.05) is 61.0 Å². The maximum atomic E-state index is 14.0. The first-order valence-corrected chi connectivity index (χ1v) is 12.9. The molecule has 37 heavy (non-hydrogen) atoms. The minimum absolute atomic E-state index is 0. The topological polar surface area (TPSA) is 95.3 Å². The molecule has 3 aromatic carbocycles. The van der Waals surface area contributed by atoms with Crippen LogP contribution in [0.5, 0.6) is 0 Å². The molecule has 0 radical (unpaired) electrons. The molecule has 0 aliphatic rings. The number of carboxylic acids is 1. The normalized spacial score (nSPS) is 11.4. The van der Waals surface area contributed by atoms with Gasteiger partial charge in [-0.3, -0.25) is 0 Å². The zero-order valence-corrected chi connectivity index (χ0v) is 24.0. The number of pyridine rings is 1. The summed E-state index contributed by atoms with van der Waals surface area (Å²) in [4.78, 5) is 15.7. The van der Waals surface area contributed by atoms with E-state index in [0.29, 0.717) is 16.3 Å². The molecule has 0 N–H and O–H groups in total. The maximum Gasteiger partial charge on any atom is 1.00 e. The summed E-state index contributed by atoms with van der Waals surface area (Å²) < 4.78 is 31.1.